The van der Waals surface area contributed by atoms with Crippen LogP contribution in [0.1, 0.15) is 20.8 Å². The van der Waals surface area contributed by atoms with Crippen LogP contribution in [0.2, 0.25) is 0 Å². The summed E-state index contributed by atoms with van der Waals surface area (Å²) in [5, 5.41) is 0. The van der Waals surface area contributed by atoms with Gasteiger partial charge >= 0.3 is 5.97 Å². The number of carbonyl (C=O) groups excluding carboxylic acids is 1. The van der Waals surface area contributed by atoms with Gasteiger partial charge in [0.2, 0.25) is 0 Å². The van der Waals surface area contributed by atoms with Crippen molar-refractivity contribution in [3.63, 3.8) is 0 Å². The number of esters is 1. The summed E-state index contributed by atoms with van der Waals surface area (Å²) in [6.07, 6.45) is 4.23. The van der Waals surface area contributed by atoms with Gasteiger partial charge in [-0.3, -0.25) is 4.79 Å². The number of hydrogen-bond acceptors (Lipinski definition) is 3. The van der Waals surface area contributed by atoms with Crippen LogP contribution in [-0.2, 0) is 9.53 Å². The lowest BCUT2D eigenvalue weighted by Crippen LogP contribution is -2.06. The number of hydrogen-bond donors (Lipinski definition) is 0. The normalized spacial score (nSPS) is 11.1. The Morgan fingerprint density at radius 3 is 2.77 bits per heavy atom. The van der Waals surface area contributed by atoms with Crippen molar-refractivity contribution >= 4 is 17.7 Å². The van der Waals surface area contributed by atoms with Gasteiger partial charge in [0.15, 0.2) is 0 Å². The molecule has 13 heavy (non-hydrogen) atoms. The standard InChI is InChI=1S/C10H18O2S/c1-4-12-10(11)8-13-7-5-6-9(2)3/h5-6,9H,4,7-8H2,1-3H3/b6-5+. The van der Waals surface area contributed by atoms with Crippen molar-refractivity contribution in [1.29, 1.82) is 0 Å². The minimum Gasteiger partial charge on any atom is -0.465 e. The Labute approximate surface area is 84.7 Å². The molecule has 0 aliphatic rings. The lowest BCUT2D eigenvalue weighted by molar-refractivity contribution is -0.139. The average Bonchev–Trinajstić information content (AvgIpc) is 2.03. The van der Waals surface area contributed by atoms with E-state index in [2.05, 4.69) is 26.0 Å². The fourth-order valence-electron chi connectivity index (χ4n) is 0.741. The second kappa shape index (κ2) is 8.17. The second-order valence-corrected chi connectivity index (χ2v) is 4.02. The first-order valence-corrected chi connectivity index (χ1v) is 5.72. The summed E-state index contributed by atoms with van der Waals surface area (Å²) >= 11 is 1.58. The van der Waals surface area contributed by atoms with Gasteiger partial charge in [0.25, 0.3) is 0 Å². The molecule has 0 saturated heterocycles. The van der Waals surface area contributed by atoms with Gasteiger partial charge in [-0.15, -0.1) is 11.8 Å². The number of allylic oxidation sites excluding steroid dienone is 1. The van der Waals surface area contributed by atoms with Crippen molar-refractivity contribution < 1.29 is 9.53 Å². The Morgan fingerprint density at radius 1 is 1.54 bits per heavy atom. The van der Waals surface area contributed by atoms with Gasteiger partial charge in [-0.1, -0.05) is 26.0 Å². The average molecular weight is 202 g/mol. The van der Waals surface area contributed by atoms with Crippen LogP contribution in [0.4, 0.5) is 0 Å². The number of ether oxygens (including phenoxy) is 1. The summed E-state index contributed by atoms with van der Waals surface area (Å²) in [6.45, 7) is 6.56. The fourth-order valence-corrected chi connectivity index (χ4v) is 1.36. The molecule has 0 aromatic carbocycles. The molecule has 0 N–H and O–H groups in total. The second-order valence-electron chi connectivity index (χ2n) is 2.99. The maximum absolute atomic E-state index is 10.9. The lowest BCUT2D eigenvalue weighted by Gasteiger charge is -1.99. The quantitative estimate of drug-likeness (QED) is 0.376. The highest BCUT2D eigenvalue weighted by molar-refractivity contribution is 8.00. The van der Waals surface area contributed by atoms with E-state index in [1.54, 1.807) is 11.8 Å². The third-order valence-corrected chi connectivity index (χ3v) is 2.13. The molecule has 0 radical (unpaired) electrons. The maximum Gasteiger partial charge on any atom is 0.315 e. The molecule has 0 spiro atoms. The molecule has 3 heteroatoms. The first-order valence-electron chi connectivity index (χ1n) is 4.56. The van der Waals surface area contributed by atoms with Crippen molar-refractivity contribution in [1.82, 2.24) is 0 Å². The SMILES string of the molecule is CCOC(=O)CSC/C=C/C(C)C. The van der Waals surface area contributed by atoms with Crippen molar-refractivity contribution in [2.75, 3.05) is 18.1 Å². The fraction of sp³-hybridized carbons (Fsp3) is 0.700. The highest BCUT2D eigenvalue weighted by Gasteiger charge is 1.99. The number of thioether (sulfide) groups is 1. The summed E-state index contributed by atoms with van der Waals surface area (Å²) in [6, 6.07) is 0. The Hall–Kier alpha value is -0.440. The maximum atomic E-state index is 10.9. The molecule has 0 amide bonds. The first-order chi connectivity index (χ1) is 6.16. The molecule has 0 unspecified atom stereocenters. The monoisotopic (exact) mass is 202 g/mol. The third-order valence-electron chi connectivity index (χ3n) is 1.26. The molecule has 2 nitrogen and oxygen atoms in total. The predicted octanol–water partition coefficient (Wildman–Crippen LogP) is 2.49. The van der Waals surface area contributed by atoms with Gasteiger partial charge < -0.3 is 4.74 Å². The highest BCUT2D eigenvalue weighted by Crippen LogP contribution is 2.02. The van der Waals surface area contributed by atoms with Crippen LogP contribution in [0.5, 0.6) is 0 Å². The summed E-state index contributed by atoms with van der Waals surface area (Å²) in [7, 11) is 0. The largest absolute Gasteiger partial charge is 0.465 e. The Bertz CT molecular complexity index is 164. The van der Waals surface area contributed by atoms with Crippen LogP contribution in [0.3, 0.4) is 0 Å². The van der Waals surface area contributed by atoms with Crippen LogP contribution in [-0.4, -0.2) is 24.1 Å². The van der Waals surface area contributed by atoms with E-state index in [1.165, 1.54) is 0 Å². The molecule has 0 saturated carbocycles. The molecule has 0 aliphatic heterocycles. The molecule has 0 atom stereocenters. The van der Waals surface area contributed by atoms with E-state index >= 15 is 0 Å². The van der Waals surface area contributed by atoms with E-state index in [1.807, 2.05) is 6.92 Å². The number of carbonyl (C=O) groups is 1. The van der Waals surface area contributed by atoms with Gasteiger partial charge in [0, 0.05) is 5.75 Å². The summed E-state index contributed by atoms with van der Waals surface area (Å²) in [5.74, 6) is 1.81. The molecule has 0 aromatic heterocycles. The molecular weight excluding hydrogens is 184 g/mol. The first kappa shape index (κ1) is 12.6. The molecular formula is C10H18O2S. The van der Waals surface area contributed by atoms with Gasteiger partial charge in [0.1, 0.15) is 0 Å². The Balaban J connectivity index is 3.30. The van der Waals surface area contributed by atoms with E-state index in [-0.39, 0.29) is 5.97 Å². The lowest BCUT2D eigenvalue weighted by atomic mass is 10.2. The van der Waals surface area contributed by atoms with E-state index in [0.29, 0.717) is 18.3 Å². The molecule has 0 aliphatic carbocycles. The molecule has 0 aromatic rings. The molecule has 76 valence electrons. The third kappa shape index (κ3) is 9.47. The zero-order valence-corrected chi connectivity index (χ0v) is 9.39. The summed E-state index contributed by atoms with van der Waals surface area (Å²) < 4.78 is 4.79. The summed E-state index contributed by atoms with van der Waals surface area (Å²) in [4.78, 5) is 10.9. The van der Waals surface area contributed by atoms with Crippen LogP contribution >= 0.6 is 11.8 Å². The molecule has 0 heterocycles. The predicted molar refractivity (Wildman–Crippen MR) is 57.9 cm³/mol. The van der Waals surface area contributed by atoms with Crippen LogP contribution in [0, 0.1) is 5.92 Å². The van der Waals surface area contributed by atoms with Crippen LogP contribution in [0.25, 0.3) is 0 Å². The zero-order valence-electron chi connectivity index (χ0n) is 8.58. The van der Waals surface area contributed by atoms with Crippen molar-refractivity contribution in [2.24, 2.45) is 5.92 Å². The van der Waals surface area contributed by atoms with Gasteiger partial charge in [-0.05, 0) is 12.8 Å². The Kier molecular flexibility index (Phi) is 7.90. The topological polar surface area (TPSA) is 26.3 Å². The minimum atomic E-state index is -0.120. The van der Waals surface area contributed by atoms with E-state index < -0.39 is 0 Å². The molecule has 0 fully saturated rings. The smallest absolute Gasteiger partial charge is 0.315 e. The van der Waals surface area contributed by atoms with E-state index in [0.717, 1.165) is 5.75 Å². The van der Waals surface area contributed by atoms with Crippen molar-refractivity contribution in [2.45, 2.75) is 20.8 Å². The molecule has 0 rings (SSSR count). The molecule has 0 bridgehead atoms. The minimum absolute atomic E-state index is 0.120. The van der Waals surface area contributed by atoms with E-state index in [9.17, 15) is 4.79 Å². The van der Waals surface area contributed by atoms with Gasteiger partial charge in [-0.25, -0.2) is 0 Å². The van der Waals surface area contributed by atoms with Gasteiger partial charge in [0.05, 0.1) is 12.4 Å². The van der Waals surface area contributed by atoms with E-state index in [4.69, 9.17) is 4.74 Å². The van der Waals surface area contributed by atoms with Crippen LogP contribution < -0.4 is 0 Å². The van der Waals surface area contributed by atoms with Crippen molar-refractivity contribution in [3.05, 3.63) is 12.2 Å². The number of rotatable bonds is 6. The van der Waals surface area contributed by atoms with Crippen molar-refractivity contribution in [3.8, 4) is 0 Å². The zero-order chi connectivity index (χ0) is 10.1. The van der Waals surface area contributed by atoms with Gasteiger partial charge in [-0.2, -0.15) is 0 Å². The summed E-state index contributed by atoms with van der Waals surface area (Å²) in [5.41, 5.74) is 0. The Morgan fingerprint density at radius 2 is 2.23 bits per heavy atom. The highest BCUT2D eigenvalue weighted by atomic mass is 32.2. The van der Waals surface area contributed by atoms with Crippen LogP contribution in [0.15, 0.2) is 12.2 Å².